The van der Waals surface area contributed by atoms with Crippen LogP contribution in [0, 0.1) is 27.7 Å². The molecule has 5 rings (SSSR count). The van der Waals surface area contributed by atoms with Crippen LogP contribution in [0.25, 0.3) is 0 Å². The first-order valence-electron chi connectivity index (χ1n) is 11.7. The fraction of sp³-hybridized carbons (Fsp3) is 0.200. The van der Waals surface area contributed by atoms with Crippen molar-refractivity contribution >= 4 is 22.7 Å². The summed E-state index contributed by atoms with van der Waals surface area (Å²) in [5.41, 5.74) is 13.4. The number of fused-ring (bicyclic) bond motifs is 8. The monoisotopic (exact) mass is 444 g/mol. The molecule has 4 aromatic carbocycles. The van der Waals surface area contributed by atoms with E-state index in [9.17, 15) is 0 Å². The SMILES string of the molecule is Cc1ccc2cc1Cc1cc(ccc1C)N=Nc1ccc(C)c(c1)Cc1cc(ccc1C)N=N2. The number of nitrogens with zero attached hydrogens (tertiary/aromatic N) is 4. The standard InChI is InChI=1S/C30H28N4/c1-19-5-9-27-15-23(19)13-24-16-28(10-6-20(24)2)33-34-30-12-8-22(4)26(18-30)14-25-17-29(32-31-27)11-7-21(25)3/h5-12,15-18H,13-14H2,1-4H3. The van der Waals surface area contributed by atoms with Crippen LogP contribution in [0.2, 0.25) is 0 Å². The predicted octanol–water partition coefficient (Wildman–Crippen LogP) is 9.25. The van der Waals surface area contributed by atoms with E-state index in [1.165, 1.54) is 44.5 Å². The van der Waals surface area contributed by atoms with Crippen LogP contribution in [0.3, 0.4) is 0 Å². The molecular formula is C30H28N4. The highest BCUT2D eigenvalue weighted by atomic mass is 15.1. The normalized spacial score (nSPS) is 12.8. The summed E-state index contributed by atoms with van der Waals surface area (Å²) in [5, 5.41) is 18.3. The van der Waals surface area contributed by atoms with Gasteiger partial charge in [0.25, 0.3) is 0 Å². The molecule has 0 radical (unpaired) electrons. The van der Waals surface area contributed by atoms with E-state index < -0.39 is 0 Å². The van der Waals surface area contributed by atoms with Gasteiger partial charge in [-0.1, -0.05) is 24.3 Å². The second kappa shape index (κ2) is 9.14. The first-order chi connectivity index (χ1) is 16.4. The van der Waals surface area contributed by atoms with Crippen LogP contribution in [-0.2, 0) is 12.8 Å². The van der Waals surface area contributed by atoms with E-state index in [0.29, 0.717) is 0 Å². The van der Waals surface area contributed by atoms with Crippen molar-refractivity contribution in [1.82, 2.24) is 0 Å². The number of hydrogen-bond donors (Lipinski definition) is 0. The Balaban J connectivity index is 1.66. The van der Waals surface area contributed by atoms with Crippen LogP contribution in [0.4, 0.5) is 22.7 Å². The van der Waals surface area contributed by atoms with Crippen LogP contribution >= 0.6 is 0 Å². The Kier molecular flexibility index (Phi) is 5.89. The molecule has 0 amide bonds. The van der Waals surface area contributed by atoms with E-state index in [-0.39, 0.29) is 0 Å². The molecule has 0 spiro atoms. The molecule has 0 N–H and O–H groups in total. The van der Waals surface area contributed by atoms with E-state index in [2.05, 4.69) is 96.7 Å². The molecule has 34 heavy (non-hydrogen) atoms. The first kappa shape index (κ1) is 21.9. The van der Waals surface area contributed by atoms with E-state index >= 15 is 0 Å². The summed E-state index contributed by atoms with van der Waals surface area (Å²) in [7, 11) is 0. The molecule has 1 heterocycles. The van der Waals surface area contributed by atoms with Crippen molar-refractivity contribution in [2.45, 2.75) is 40.5 Å². The predicted molar refractivity (Wildman–Crippen MR) is 139 cm³/mol. The van der Waals surface area contributed by atoms with E-state index in [1.54, 1.807) is 0 Å². The molecule has 1 aliphatic rings. The van der Waals surface area contributed by atoms with Crippen molar-refractivity contribution in [2.75, 3.05) is 0 Å². The lowest BCUT2D eigenvalue weighted by Gasteiger charge is -2.11. The van der Waals surface area contributed by atoms with Gasteiger partial charge in [0, 0.05) is 0 Å². The average molecular weight is 445 g/mol. The third-order valence-electron chi connectivity index (χ3n) is 6.65. The lowest BCUT2D eigenvalue weighted by atomic mass is 9.96. The zero-order valence-electron chi connectivity index (χ0n) is 20.1. The molecule has 168 valence electrons. The molecule has 0 fully saturated rings. The van der Waals surface area contributed by atoms with Gasteiger partial charge >= 0.3 is 0 Å². The Morgan fingerprint density at radius 1 is 0.382 bits per heavy atom. The summed E-state index contributed by atoms with van der Waals surface area (Å²) in [6.45, 7) is 8.56. The van der Waals surface area contributed by atoms with Gasteiger partial charge in [0.2, 0.25) is 0 Å². The highest BCUT2D eigenvalue weighted by molar-refractivity contribution is 5.52. The van der Waals surface area contributed by atoms with Gasteiger partial charge in [0.1, 0.15) is 0 Å². The van der Waals surface area contributed by atoms with Gasteiger partial charge in [-0.25, -0.2) is 0 Å². The van der Waals surface area contributed by atoms with Crippen LogP contribution in [0.15, 0.2) is 93.3 Å². The molecule has 4 heteroatoms. The Hall–Kier alpha value is -3.92. The summed E-state index contributed by atoms with van der Waals surface area (Å²) in [4.78, 5) is 0. The summed E-state index contributed by atoms with van der Waals surface area (Å²) in [6.07, 6.45) is 1.63. The Morgan fingerprint density at radius 2 is 0.618 bits per heavy atom. The van der Waals surface area contributed by atoms with Crippen LogP contribution in [-0.4, -0.2) is 0 Å². The van der Waals surface area contributed by atoms with Gasteiger partial charge < -0.3 is 0 Å². The molecule has 1 aliphatic heterocycles. The maximum atomic E-state index is 4.57. The second-order valence-electron chi connectivity index (χ2n) is 9.20. The first-order valence-corrected chi connectivity index (χ1v) is 11.7. The zero-order chi connectivity index (χ0) is 23.7. The summed E-state index contributed by atoms with van der Waals surface area (Å²) in [5.74, 6) is 0. The van der Waals surface area contributed by atoms with Gasteiger partial charge in [-0.2, -0.15) is 20.5 Å². The molecule has 0 saturated heterocycles. The molecule has 4 nitrogen and oxygen atoms in total. The molecule has 0 aliphatic carbocycles. The Labute approximate surface area is 201 Å². The van der Waals surface area contributed by atoms with Gasteiger partial charge in [-0.15, -0.1) is 0 Å². The van der Waals surface area contributed by atoms with Crippen LogP contribution < -0.4 is 0 Å². The minimum Gasteiger partial charge on any atom is -0.151 e. The van der Waals surface area contributed by atoms with Gasteiger partial charge in [0.05, 0.1) is 22.7 Å². The van der Waals surface area contributed by atoms with Crippen molar-refractivity contribution in [2.24, 2.45) is 20.5 Å². The minimum absolute atomic E-state index is 0.813. The van der Waals surface area contributed by atoms with Gasteiger partial charge in [-0.05, 0) is 134 Å². The highest BCUT2D eigenvalue weighted by Crippen LogP contribution is 2.30. The minimum atomic E-state index is 0.813. The Bertz CT molecular complexity index is 1230. The number of benzene rings is 4. The number of aryl methyl sites for hydroxylation is 4. The smallest absolute Gasteiger partial charge is 0.0860 e. The second-order valence-corrected chi connectivity index (χ2v) is 9.20. The molecule has 0 aromatic heterocycles. The topological polar surface area (TPSA) is 49.4 Å². The van der Waals surface area contributed by atoms with Crippen molar-refractivity contribution in [3.63, 3.8) is 0 Å². The lowest BCUT2D eigenvalue weighted by Crippen LogP contribution is -1.95. The van der Waals surface area contributed by atoms with Crippen molar-refractivity contribution in [1.29, 1.82) is 0 Å². The number of rotatable bonds is 0. The number of hydrogen-bond acceptors (Lipinski definition) is 4. The number of azo groups is 2. The molecule has 0 unspecified atom stereocenters. The Morgan fingerprint density at radius 3 is 0.853 bits per heavy atom. The van der Waals surface area contributed by atoms with Crippen molar-refractivity contribution < 1.29 is 0 Å². The summed E-state index contributed by atoms with van der Waals surface area (Å²) < 4.78 is 0. The molecule has 0 atom stereocenters. The van der Waals surface area contributed by atoms with Gasteiger partial charge in [-0.3, -0.25) is 0 Å². The van der Waals surface area contributed by atoms with Gasteiger partial charge in [0.15, 0.2) is 0 Å². The van der Waals surface area contributed by atoms with E-state index in [1.807, 2.05) is 24.3 Å². The highest BCUT2D eigenvalue weighted by Gasteiger charge is 2.09. The summed E-state index contributed by atoms with van der Waals surface area (Å²) in [6, 6.07) is 25.2. The van der Waals surface area contributed by atoms with Crippen LogP contribution in [0.1, 0.15) is 44.5 Å². The fourth-order valence-electron chi connectivity index (χ4n) is 4.28. The third kappa shape index (κ3) is 4.72. The van der Waals surface area contributed by atoms with Crippen molar-refractivity contribution in [3.8, 4) is 0 Å². The van der Waals surface area contributed by atoms with Crippen molar-refractivity contribution in [3.05, 3.63) is 117 Å². The maximum Gasteiger partial charge on any atom is 0.0860 e. The van der Waals surface area contributed by atoms with E-state index in [4.69, 9.17) is 0 Å². The third-order valence-corrected chi connectivity index (χ3v) is 6.65. The molecule has 8 bridgehead atoms. The largest absolute Gasteiger partial charge is 0.151 e. The fourth-order valence-corrected chi connectivity index (χ4v) is 4.28. The average Bonchev–Trinajstić information content (AvgIpc) is 2.83. The summed E-state index contributed by atoms with van der Waals surface area (Å²) >= 11 is 0. The molecule has 0 saturated carbocycles. The lowest BCUT2D eigenvalue weighted by molar-refractivity contribution is 1.10. The molecule has 4 aromatic rings. The van der Waals surface area contributed by atoms with Crippen LogP contribution in [0.5, 0.6) is 0 Å². The van der Waals surface area contributed by atoms with E-state index in [0.717, 1.165) is 35.6 Å². The quantitative estimate of drug-likeness (QED) is 0.228. The zero-order valence-corrected chi connectivity index (χ0v) is 20.1. The molecular weight excluding hydrogens is 416 g/mol. The maximum absolute atomic E-state index is 4.57.